The third kappa shape index (κ3) is 4.66. The Balaban J connectivity index is 1.82. The lowest BCUT2D eigenvalue weighted by atomic mass is 10.0. The Labute approximate surface area is 174 Å². The Hall–Kier alpha value is -2.69. The topological polar surface area (TPSA) is 93.4 Å². The van der Waals surface area contributed by atoms with Crippen molar-refractivity contribution in [3.05, 3.63) is 65.4 Å². The average molecular weight is 441 g/mol. The maximum absolute atomic E-state index is 13.9. The van der Waals surface area contributed by atoms with Gasteiger partial charge in [0, 0.05) is 16.7 Å². The number of hydrogen-bond acceptors (Lipinski definition) is 5. The first-order valence-electron chi connectivity index (χ1n) is 9.62. The Morgan fingerprint density at radius 1 is 1.24 bits per heavy atom. The minimum atomic E-state index is -4.35. The van der Waals surface area contributed by atoms with E-state index in [1.54, 1.807) is 12.1 Å². The number of primary sulfonamides is 1. The van der Waals surface area contributed by atoms with Crippen LogP contribution in [-0.2, 0) is 21.2 Å². The minimum absolute atomic E-state index is 0.0792. The number of hydrogen-bond donors (Lipinski definition) is 1. The van der Waals surface area contributed by atoms with Gasteiger partial charge in [-0.25, -0.2) is 27.3 Å². The summed E-state index contributed by atoms with van der Waals surface area (Å²) in [5.74, 6) is -1.67. The highest BCUT2D eigenvalue weighted by Gasteiger charge is 2.22. The first kappa shape index (κ1) is 17.2. The fourth-order valence-corrected chi connectivity index (χ4v) is 4.24. The number of aromatic nitrogens is 1. The molecule has 1 aromatic heterocycles. The molecule has 152 valence electrons. The van der Waals surface area contributed by atoms with E-state index in [0.717, 1.165) is 23.1 Å². The van der Waals surface area contributed by atoms with Crippen molar-refractivity contribution in [1.29, 1.82) is 0 Å². The van der Waals surface area contributed by atoms with Gasteiger partial charge in [-0.2, -0.15) is 0 Å². The van der Waals surface area contributed by atoms with Crippen molar-refractivity contribution in [2.24, 2.45) is 5.14 Å². The lowest BCUT2D eigenvalue weighted by Gasteiger charge is -2.14. The van der Waals surface area contributed by atoms with E-state index in [4.69, 9.17) is 9.25 Å². The van der Waals surface area contributed by atoms with Crippen molar-refractivity contribution < 1.29 is 26.1 Å². The molecule has 0 saturated heterocycles. The van der Waals surface area contributed by atoms with Crippen LogP contribution in [-0.4, -0.2) is 26.4 Å². The van der Waals surface area contributed by atoms with Gasteiger partial charge in [-0.3, -0.25) is 9.69 Å². The lowest BCUT2D eigenvalue weighted by Crippen LogP contribution is -2.27. The van der Waals surface area contributed by atoms with Crippen molar-refractivity contribution in [1.82, 2.24) is 4.98 Å². The van der Waals surface area contributed by atoms with Gasteiger partial charge in [0.2, 0.25) is 15.9 Å². The molecule has 0 unspecified atom stereocenters. The molecule has 0 bridgehead atoms. The molecule has 29 heavy (non-hydrogen) atoms. The number of likely N-dealkylation sites (N-methyl/N-ethyl adjacent to an activating group) is 1. The van der Waals surface area contributed by atoms with E-state index in [9.17, 15) is 22.0 Å². The third-order valence-corrected chi connectivity index (χ3v) is 6.64. The Bertz CT molecular complexity index is 1280. The summed E-state index contributed by atoms with van der Waals surface area (Å²) in [6.07, 6.45) is -0.129. The molecule has 0 radical (unpaired) electrons. The van der Waals surface area contributed by atoms with Crippen LogP contribution in [0.15, 0.2) is 46.7 Å². The van der Waals surface area contributed by atoms with Crippen molar-refractivity contribution in [3.8, 4) is 11.1 Å². The third-order valence-electron chi connectivity index (χ3n) is 4.05. The van der Waals surface area contributed by atoms with E-state index in [-0.39, 0.29) is 17.1 Å². The number of nitrogens with zero attached hydrogens (tertiary/aromatic N) is 2. The van der Waals surface area contributed by atoms with Crippen LogP contribution >= 0.6 is 11.3 Å². The van der Waals surface area contributed by atoms with Crippen LogP contribution in [0.5, 0.6) is 0 Å². The van der Waals surface area contributed by atoms with Gasteiger partial charge in [0.1, 0.15) is 11.6 Å². The predicted octanol–water partition coefficient (Wildman–Crippen LogP) is 3.25. The Morgan fingerprint density at radius 3 is 2.52 bits per heavy atom. The van der Waals surface area contributed by atoms with Gasteiger partial charge in [0.05, 0.1) is 12.1 Å². The molecule has 6 nitrogen and oxygen atoms in total. The van der Waals surface area contributed by atoms with Crippen LogP contribution in [0, 0.1) is 18.5 Å². The smallest absolute Gasteiger partial charge is 0.249 e. The number of anilines is 1. The van der Waals surface area contributed by atoms with Crippen molar-refractivity contribution in [3.63, 3.8) is 0 Å². The molecule has 0 spiro atoms. The molecule has 0 aliphatic heterocycles. The maximum atomic E-state index is 13.9. The summed E-state index contributed by atoms with van der Waals surface area (Å²) >= 11 is 0.487. The number of rotatable bonds is 5. The highest BCUT2D eigenvalue weighted by Crippen LogP contribution is 2.29. The molecule has 0 aliphatic rings. The summed E-state index contributed by atoms with van der Waals surface area (Å²) in [5, 5.41) is 4.95. The molecule has 0 fully saturated rings. The quantitative estimate of drug-likeness (QED) is 0.659. The summed E-state index contributed by atoms with van der Waals surface area (Å²) in [4.78, 5) is 17.5. The molecular weight excluding hydrogens is 420 g/mol. The van der Waals surface area contributed by atoms with E-state index < -0.39 is 44.3 Å². The van der Waals surface area contributed by atoms with E-state index >= 15 is 0 Å². The summed E-state index contributed by atoms with van der Waals surface area (Å²) in [6.45, 7) is -2.83. The zero-order valence-electron chi connectivity index (χ0n) is 18.0. The Morgan fingerprint density at radius 2 is 1.93 bits per heavy atom. The number of nitrogens with two attached hydrogens (primary N) is 1. The maximum Gasteiger partial charge on any atom is 0.249 e. The first-order chi connectivity index (χ1) is 14.8. The van der Waals surface area contributed by atoms with E-state index in [1.807, 2.05) is 0 Å². The van der Waals surface area contributed by atoms with Gasteiger partial charge in [0.15, 0.2) is 9.34 Å². The van der Waals surface area contributed by atoms with Crippen LogP contribution < -0.4 is 10.0 Å². The normalized spacial score (nSPS) is 13.4. The van der Waals surface area contributed by atoms with Crippen LogP contribution in [0.1, 0.15) is 15.4 Å². The monoisotopic (exact) mass is 440 g/mol. The zero-order chi connectivity index (χ0) is 23.8. The van der Waals surface area contributed by atoms with Crippen LogP contribution in [0.25, 0.3) is 11.1 Å². The SMILES string of the molecule is [2H]C([2H])([2H])c1nc(N(C)C(=O)Cc2ccc(-c3cc(F)ccc3F)cc2)sc1S(N)(=O)=O. The second-order valence-electron chi connectivity index (χ2n) is 6.13. The Kier molecular flexibility index (Phi) is 4.73. The van der Waals surface area contributed by atoms with Crippen molar-refractivity contribution in [2.75, 3.05) is 11.9 Å². The summed E-state index contributed by atoms with van der Waals surface area (Å²) in [7, 11) is -3.02. The molecule has 3 rings (SSSR count). The highest BCUT2D eigenvalue weighted by atomic mass is 32.2. The molecule has 2 aromatic carbocycles. The number of thiazole rings is 1. The molecule has 3 aromatic rings. The number of amides is 1. The number of carbonyl (C=O) groups excluding carboxylic acids is 1. The van der Waals surface area contributed by atoms with Crippen LogP contribution in [0.3, 0.4) is 0 Å². The van der Waals surface area contributed by atoms with Crippen LogP contribution in [0.2, 0.25) is 0 Å². The summed E-state index contributed by atoms with van der Waals surface area (Å²) < 4.78 is 72.6. The summed E-state index contributed by atoms with van der Waals surface area (Å²) in [6, 6.07) is 9.31. The van der Waals surface area contributed by atoms with Crippen molar-refractivity contribution in [2.45, 2.75) is 17.5 Å². The van der Waals surface area contributed by atoms with Gasteiger partial charge in [-0.1, -0.05) is 35.6 Å². The van der Waals surface area contributed by atoms with Crippen molar-refractivity contribution >= 4 is 32.4 Å². The number of carbonyl (C=O) groups is 1. The predicted molar refractivity (Wildman–Crippen MR) is 107 cm³/mol. The largest absolute Gasteiger partial charge is 0.291 e. The fraction of sp³-hybridized carbons (Fsp3) is 0.158. The lowest BCUT2D eigenvalue weighted by molar-refractivity contribution is -0.117. The first-order valence-corrected chi connectivity index (χ1v) is 10.5. The molecular formula is C19H17F2N3O3S2. The minimum Gasteiger partial charge on any atom is -0.291 e. The van der Waals surface area contributed by atoms with Gasteiger partial charge >= 0.3 is 0 Å². The molecule has 1 amide bonds. The number of benzene rings is 2. The van der Waals surface area contributed by atoms with Gasteiger partial charge in [-0.05, 0) is 36.2 Å². The molecule has 1 heterocycles. The highest BCUT2D eigenvalue weighted by molar-refractivity contribution is 7.91. The fourth-order valence-electron chi connectivity index (χ4n) is 2.55. The standard InChI is InChI=1S/C19H17F2N3O3S2/c1-11-18(29(22,26)27)28-19(23-11)24(2)17(25)9-12-3-5-13(6-4-12)15-10-14(20)7-8-16(15)21/h3-8,10H,9H2,1-2H3,(H2,22,26,27)/i1D3. The molecule has 0 atom stereocenters. The van der Waals surface area contributed by atoms with E-state index in [1.165, 1.54) is 19.2 Å². The second kappa shape index (κ2) is 7.97. The number of sulfonamides is 1. The second-order valence-corrected chi connectivity index (χ2v) is 8.86. The van der Waals surface area contributed by atoms with Gasteiger partial charge in [0.25, 0.3) is 0 Å². The molecule has 0 aliphatic carbocycles. The molecule has 0 saturated carbocycles. The van der Waals surface area contributed by atoms with Gasteiger partial charge < -0.3 is 0 Å². The van der Waals surface area contributed by atoms with Crippen LogP contribution in [0.4, 0.5) is 13.9 Å². The zero-order valence-corrected chi connectivity index (χ0v) is 16.7. The molecule has 10 heteroatoms. The average Bonchev–Trinajstić information content (AvgIpc) is 3.16. The number of halogens is 2. The van der Waals surface area contributed by atoms with Gasteiger partial charge in [-0.15, -0.1) is 0 Å². The van der Waals surface area contributed by atoms with E-state index in [2.05, 4.69) is 4.98 Å². The number of aryl methyl sites for hydroxylation is 1. The summed E-state index contributed by atoms with van der Waals surface area (Å²) in [5.41, 5.74) is 0.352. The molecule has 2 N–H and O–H groups in total. The van der Waals surface area contributed by atoms with E-state index in [0.29, 0.717) is 22.5 Å².